The predicted molar refractivity (Wildman–Crippen MR) is 85.3 cm³/mol. The first kappa shape index (κ1) is 17.9. The number of hydrogen-bond acceptors (Lipinski definition) is 3. The van der Waals surface area contributed by atoms with E-state index in [-0.39, 0.29) is 0 Å². The molecule has 1 aliphatic rings. The van der Waals surface area contributed by atoms with E-state index in [1.807, 2.05) is 0 Å². The Kier molecular flexibility index (Phi) is 6.95. The molecule has 0 bridgehead atoms. The molecule has 2 N–H and O–H groups in total. The second-order valence-corrected chi connectivity index (χ2v) is 9.08. The molecule has 4 nitrogen and oxygen atoms in total. The van der Waals surface area contributed by atoms with Crippen molar-refractivity contribution in [1.82, 2.24) is 10.0 Å². The summed E-state index contributed by atoms with van der Waals surface area (Å²) >= 11 is 0. The zero-order chi connectivity index (χ0) is 15.2. The topological polar surface area (TPSA) is 58.2 Å². The Morgan fingerprint density at radius 1 is 1.05 bits per heavy atom. The summed E-state index contributed by atoms with van der Waals surface area (Å²) in [6, 6.07) is 0.612. The Morgan fingerprint density at radius 3 is 2.35 bits per heavy atom. The fourth-order valence-corrected chi connectivity index (χ4v) is 3.54. The Balaban J connectivity index is 2.19. The first-order valence-corrected chi connectivity index (χ1v) is 9.75. The zero-order valence-electron chi connectivity index (χ0n) is 13.5. The molecule has 0 saturated heterocycles. The highest BCUT2D eigenvalue weighted by Gasteiger charge is 2.27. The second-order valence-electron chi connectivity index (χ2n) is 7.24. The average Bonchev–Trinajstić information content (AvgIpc) is 2.52. The summed E-state index contributed by atoms with van der Waals surface area (Å²) in [4.78, 5) is 0. The van der Waals surface area contributed by atoms with Crippen LogP contribution in [0.2, 0.25) is 0 Å². The molecule has 0 aromatic heterocycles. The van der Waals surface area contributed by atoms with E-state index in [1.54, 1.807) is 0 Å². The van der Waals surface area contributed by atoms with E-state index in [1.165, 1.54) is 38.4 Å². The van der Waals surface area contributed by atoms with Crippen LogP contribution in [0.3, 0.4) is 0 Å². The minimum absolute atomic E-state index is 0.425. The molecule has 1 rings (SSSR count). The molecule has 0 aromatic carbocycles. The van der Waals surface area contributed by atoms with Crippen LogP contribution in [0.5, 0.6) is 0 Å². The molecule has 1 aliphatic carbocycles. The molecule has 0 heterocycles. The molecule has 0 aromatic rings. The lowest BCUT2D eigenvalue weighted by molar-refractivity contribution is 0.213. The van der Waals surface area contributed by atoms with Gasteiger partial charge in [-0.25, -0.2) is 13.1 Å². The Morgan fingerprint density at radius 2 is 1.75 bits per heavy atom. The number of sulfonamides is 1. The molecular weight excluding hydrogens is 272 g/mol. The summed E-state index contributed by atoms with van der Waals surface area (Å²) in [6.45, 7) is 8.48. The van der Waals surface area contributed by atoms with Crippen LogP contribution >= 0.6 is 0 Å². The predicted octanol–water partition coefficient (Wildman–Crippen LogP) is 2.51. The summed E-state index contributed by atoms with van der Waals surface area (Å²) in [5, 5.41) is 3.59. The van der Waals surface area contributed by atoms with E-state index in [0.717, 1.165) is 18.9 Å². The number of hydrogen-bond donors (Lipinski definition) is 2. The lowest BCUT2D eigenvalue weighted by atomic mass is 9.76. The third-order valence-corrected chi connectivity index (χ3v) is 5.07. The van der Waals surface area contributed by atoms with E-state index in [4.69, 9.17) is 0 Å². The van der Waals surface area contributed by atoms with E-state index in [9.17, 15) is 8.42 Å². The van der Waals surface area contributed by atoms with Gasteiger partial charge in [0.05, 0.1) is 6.26 Å². The van der Waals surface area contributed by atoms with Crippen molar-refractivity contribution in [3.63, 3.8) is 0 Å². The minimum Gasteiger partial charge on any atom is -0.314 e. The fourth-order valence-electron chi connectivity index (χ4n) is 3.02. The highest BCUT2D eigenvalue weighted by molar-refractivity contribution is 7.88. The van der Waals surface area contributed by atoms with Crippen LogP contribution in [0.15, 0.2) is 0 Å². The maximum absolute atomic E-state index is 10.9. The van der Waals surface area contributed by atoms with Crippen molar-refractivity contribution in [2.24, 2.45) is 11.3 Å². The highest BCUT2D eigenvalue weighted by Crippen LogP contribution is 2.36. The molecule has 1 saturated carbocycles. The van der Waals surface area contributed by atoms with Crippen molar-refractivity contribution in [3.05, 3.63) is 0 Å². The summed E-state index contributed by atoms with van der Waals surface area (Å²) in [5.41, 5.74) is 0.425. The van der Waals surface area contributed by atoms with Crippen molar-refractivity contribution >= 4 is 10.0 Å². The third-order valence-electron chi connectivity index (χ3n) is 4.34. The van der Waals surface area contributed by atoms with Gasteiger partial charge in [0.2, 0.25) is 10.0 Å². The minimum atomic E-state index is -3.04. The Labute approximate surface area is 125 Å². The molecule has 2 unspecified atom stereocenters. The standard InChI is InChI=1S/C15H32N2O2S/c1-15(2,3)13-7-5-8-14(10-9-13)16-11-6-12-17-20(4,18)19/h13-14,16-17H,5-12H2,1-4H3. The monoisotopic (exact) mass is 304 g/mol. The molecule has 1 fully saturated rings. The molecule has 0 radical (unpaired) electrons. The largest absolute Gasteiger partial charge is 0.314 e. The van der Waals surface area contributed by atoms with Gasteiger partial charge in [-0.05, 0) is 50.0 Å². The molecule has 0 amide bonds. The van der Waals surface area contributed by atoms with E-state index in [2.05, 4.69) is 30.8 Å². The van der Waals surface area contributed by atoms with Gasteiger partial charge in [-0.2, -0.15) is 0 Å². The van der Waals surface area contributed by atoms with E-state index < -0.39 is 10.0 Å². The van der Waals surface area contributed by atoms with Gasteiger partial charge in [-0.1, -0.05) is 27.2 Å². The molecular formula is C15H32N2O2S. The van der Waals surface area contributed by atoms with Crippen molar-refractivity contribution in [3.8, 4) is 0 Å². The smallest absolute Gasteiger partial charge is 0.208 e. The normalized spacial score (nSPS) is 25.4. The number of rotatable bonds is 6. The molecule has 0 spiro atoms. The van der Waals surface area contributed by atoms with Crippen molar-refractivity contribution in [1.29, 1.82) is 0 Å². The lowest BCUT2D eigenvalue weighted by Gasteiger charge is -2.29. The Bertz CT molecular complexity index is 374. The van der Waals surface area contributed by atoms with Crippen LogP contribution < -0.4 is 10.0 Å². The average molecular weight is 305 g/mol. The maximum atomic E-state index is 10.9. The van der Waals surface area contributed by atoms with Gasteiger partial charge in [0.25, 0.3) is 0 Å². The van der Waals surface area contributed by atoms with Crippen molar-refractivity contribution < 1.29 is 8.42 Å². The van der Waals surface area contributed by atoms with Crippen molar-refractivity contribution in [2.45, 2.75) is 65.3 Å². The molecule has 120 valence electrons. The van der Waals surface area contributed by atoms with Gasteiger partial charge in [0.1, 0.15) is 0 Å². The fraction of sp³-hybridized carbons (Fsp3) is 1.00. The van der Waals surface area contributed by atoms with Crippen LogP contribution in [0, 0.1) is 11.3 Å². The summed E-state index contributed by atoms with van der Waals surface area (Å²) < 4.78 is 24.4. The summed E-state index contributed by atoms with van der Waals surface area (Å²) in [6.07, 6.45) is 8.53. The van der Waals surface area contributed by atoms with Crippen LogP contribution in [0.1, 0.15) is 59.3 Å². The van der Waals surface area contributed by atoms with Crippen LogP contribution in [0.25, 0.3) is 0 Å². The van der Waals surface area contributed by atoms with Gasteiger partial charge in [-0.3, -0.25) is 0 Å². The third kappa shape index (κ3) is 7.60. The first-order valence-electron chi connectivity index (χ1n) is 7.86. The second kappa shape index (κ2) is 7.76. The molecule has 2 atom stereocenters. The van der Waals surface area contributed by atoms with Crippen LogP contribution in [-0.4, -0.2) is 33.8 Å². The van der Waals surface area contributed by atoms with Gasteiger partial charge in [-0.15, -0.1) is 0 Å². The van der Waals surface area contributed by atoms with Crippen molar-refractivity contribution in [2.75, 3.05) is 19.3 Å². The van der Waals surface area contributed by atoms with E-state index >= 15 is 0 Å². The molecule has 0 aliphatic heterocycles. The summed E-state index contributed by atoms with van der Waals surface area (Å²) in [5.74, 6) is 0.834. The van der Waals surface area contributed by atoms with E-state index in [0.29, 0.717) is 18.0 Å². The quantitative estimate of drug-likeness (QED) is 0.585. The van der Waals surface area contributed by atoms with Gasteiger partial charge in [0, 0.05) is 12.6 Å². The lowest BCUT2D eigenvalue weighted by Crippen LogP contribution is -2.32. The number of nitrogens with one attached hydrogen (secondary N) is 2. The van der Waals surface area contributed by atoms with Gasteiger partial charge in [0.15, 0.2) is 0 Å². The SMILES string of the molecule is CC(C)(C)C1CCCC(NCCCNS(C)(=O)=O)CC1. The highest BCUT2D eigenvalue weighted by atomic mass is 32.2. The molecule has 20 heavy (non-hydrogen) atoms. The maximum Gasteiger partial charge on any atom is 0.208 e. The van der Waals surface area contributed by atoms with Gasteiger partial charge < -0.3 is 5.32 Å². The first-order chi connectivity index (χ1) is 9.18. The summed E-state index contributed by atoms with van der Waals surface area (Å²) in [7, 11) is -3.04. The Hall–Kier alpha value is -0.130. The molecule has 5 heteroatoms. The van der Waals surface area contributed by atoms with Crippen LogP contribution in [0.4, 0.5) is 0 Å². The van der Waals surface area contributed by atoms with Gasteiger partial charge >= 0.3 is 0 Å². The van der Waals surface area contributed by atoms with Crippen LogP contribution in [-0.2, 0) is 10.0 Å². The zero-order valence-corrected chi connectivity index (χ0v) is 14.4.